The van der Waals surface area contributed by atoms with Crippen molar-refractivity contribution in [2.75, 3.05) is 44.8 Å². The molecule has 0 aliphatic carbocycles. The molecule has 0 spiro atoms. The van der Waals surface area contributed by atoms with E-state index in [1.165, 1.54) is 0 Å². The minimum absolute atomic E-state index is 0.0578. The molecule has 3 heterocycles. The highest BCUT2D eigenvalue weighted by molar-refractivity contribution is 7.90. The van der Waals surface area contributed by atoms with Gasteiger partial charge in [0.15, 0.2) is 11.5 Å². The van der Waals surface area contributed by atoms with Crippen LogP contribution in [0.5, 0.6) is 11.5 Å². The van der Waals surface area contributed by atoms with Gasteiger partial charge < -0.3 is 19.7 Å². The first-order chi connectivity index (χ1) is 14.5. The molecule has 10 heteroatoms. The van der Waals surface area contributed by atoms with Crippen molar-refractivity contribution in [3.05, 3.63) is 48.0 Å². The molecule has 156 valence electrons. The number of piperazine rings is 1. The second-order valence-corrected chi connectivity index (χ2v) is 8.84. The molecule has 0 saturated carbocycles. The van der Waals surface area contributed by atoms with Crippen LogP contribution in [0.25, 0.3) is 0 Å². The first kappa shape index (κ1) is 18.9. The second kappa shape index (κ2) is 7.29. The van der Waals surface area contributed by atoms with Gasteiger partial charge in [0.05, 0.1) is 12.2 Å². The van der Waals surface area contributed by atoms with Gasteiger partial charge in [-0.25, -0.2) is 0 Å². The maximum atomic E-state index is 12.8. The molecule has 1 fully saturated rings. The van der Waals surface area contributed by atoms with E-state index in [0.717, 1.165) is 0 Å². The lowest BCUT2D eigenvalue weighted by Gasteiger charge is -2.35. The Morgan fingerprint density at radius 1 is 1.03 bits per heavy atom. The Bertz CT molecular complexity index is 1140. The van der Waals surface area contributed by atoms with E-state index in [1.807, 2.05) is 0 Å². The molecule has 0 bridgehead atoms. The summed E-state index contributed by atoms with van der Waals surface area (Å²) in [5.41, 5.74) is 1.10. The third kappa shape index (κ3) is 3.48. The third-order valence-corrected chi connectivity index (χ3v) is 6.70. The third-order valence-electron chi connectivity index (χ3n) is 5.33. The van der Waals surface area contributed by atoms with Crippen molar-refractivity contribution in [2.45, 2.75) is 4.90 Å². The number of hydrogen-bond donors (Lipinski definition) is 1. The van der Waals surface area contributed by atoms with Gasteiger partial charge in [0.1, 0.15) is 10.7 Å². The summed E-state index contributed by atoms with van der Waals surface area (Å²) < 4.78 is 39.3. The quantitative estimate of drug-likeness (QED) is 0.788. The molecular formula is C20H20N4O5S. The number of hydrogen-bond acceptors (Lipinski definition) is 7. The zero-order valence-electron chi connectivity index (χ0n) is 16.1. The number of carbonyl (C=O) groups is 1. The highest BCUT2D eigenvalue weighted by Crippen LogP contribution is 2.33. The Morgan fingerprint density at radius 3 is 2.63 bits per heavy atom. The summed E-state index contributed by atoms with van der Waals surface area (Å²) >= 11 is 0. The lowest BCUT2D eigenvalue weighted by atomic mass is 10.1. The maximum Gasteiger partial charge on any atom is 0.286 e. The number of ether oxygens (including phenoxy) is 2. The normalized spacial score (nSPS) is 19.6. The van der Waals surface area contributed by atoms with Gasteiger partial charge in [-0.15, -0.1) is 4.40 Å². The van der Waals surface area contributed by atoms with Crippen LogP contribution in [-0.4, -0.2) is 69.5 Å². The predicted octanol–water partition coefficient (Wildman–Crippen LogP) is 1.39. The molecule has 1 N–H and O–H groups in total. The van der Waals surface area contributed by atoms with E-state index in [4.69, 9.17) is 9.47 Å². The number of fused-ring (bicyclic) bond motifs is 2. The van der Waals surface area contributed by atoms with Crippen molar-refractivity contribution in [2.24, 2.45) is 4.40 Å². The Balaban J connectivity index is 1.22. The maximum absolute atomic E-state index is 12.8. The number of nitrogens with zero attached hydrogens (tertiary/aromatic N) is 3. The number of anilines is 1. The van der Waals surface area contributed by atoms with Gasteiger partial charge >= 0.3 is 0 Å². The summed E-state index contributed by atoms with van der Waals surface area (Å²) in [6.45, 7) is 2.88. The minimum atomic E-state index is -3.70. The topological polar surface area (TPSA) is 101 Å². The van der Waals surface area contributed by atoms with E-state index in [9.17, 15) is 13.2 Å². The summed E-state index contributed by atoms with van der Waals surface area (Å²) in [6, 6.07) is 11.9. The number of para-hydroxylation sites is 1. The van der Waals surface area contributed by atoms with Crippen LogP contribution in [0.15, 0.2) is 51.8 Å². The molecule has 3 aliphatic heterocycles. The van der Waals surface area contributed by atoms with Gasteiger partial charge in [-0.3, -0.25) is 9.69 Å². The second-order valence-electron chi connectivity index (χ2n) is 7.27. The fourth-order valence-electron chi connectivity index (χ4n) is 3.77. The molecule has 1 amide bonds. The summed E-state index contributed by atoms with van der Waals surface area (Å²) in [6.07, 6.45) is 0. The fraction of sp³-hybridized carbons (Fsp3) is 0.300. The van der Waals surface area contributed by atoms with Gasteiger partial charge in [-0.05, 0) is 30.3 Å². The molecule has 5 rings (SSSR count). The lowest BCUT2D eigenvalue weighted by molar-refractivity contribution is 0.0654. The zero-order valence-corrected chi connectivity index (χ0v) is 16.9. The molecular weight excluding hydrogens is 408 g/mol. The van der Waals surface area contributed by atoms with Crippen molar-refractivity contribution < 1.29 is 22.7 Å². The van der Waals surface area contributed by atoms with Crippen LogP contribution in [-0.2, 0) is 10.0 Å². The standard InChI is InChI=1S/C20H20N4O5S/c25-20(14-5-6-16-17(11-14)29-13-28-16)24-9-7-23(8-10-24)12-19-21-15-3-1-2-4-18(15)30(26,27)22-19/h1-6,11H,7-10,12-13H2,(H,21,22). The van der Waals surface area contributed by atoms with E-state index in [0.29, 0.717) is 61.3 Å². The average Bonchev–Trinajstić information content (AvgIpc) is 3.21. The zero-order chi connectivity index (χ0) is 20.7. The van der Waals surface area contributed by atoms with Crippen LogP contribution in [0, 0.1) is 0 Å². The lowest BCUT2D eigenvalue weighted by Crippen LogP contribution is -2.50. The van der Waals surface area contributed by atoms with Gasteiger partial charge in [-0.2, -0.15) is 8.42 Å². The highest BCUT2D eigenvalue weighted by Gasteiger charge is 2.28. The number of benzene rings is 2. The van der Waals surface area contributed by atoms with Gasteiger partial charge in [0, 0.05) is 31.7 Å². The molecule has 0 atom stereocenters. The SMILES string of the molecule is O=C(c1ccc2c(c1)OCO2)N1CCN(CC2=NS(=O)(=O)c3ccccc3N2)CC1. The van der Waals surface area contributed by atoms with Crippen LogP contribution in [0.2, 0.25) is 0 Å². The Labute approximate surface area is 174 Å². The molecule has 0 radical (unpaired) electrons. The van der Waals surface area contributed by atoms with Crippen molar-refractivity contribution in [3.8, 4) is 11.5 Å². The van der Waals surface area contributed by atoms with Crippen molar-refractivity contribution in [1.82, 2.24) is 9.80 Å². The first-order valence-corrected chi connectivity index (χ1v) is 11.0. The monoisotopic (exact) mass is 428 g/mol. The van der Waals surface area contributed by atoms with E-state index in [1.54, 1.807) is 47.4 Å². The van der Waals surface area contributed by atoms with Crippen LogP contribution in [0.3, 0.4) is 0 Å². The van der Waals surface area contributed by atoms with Crippen molar-refractivity contribution in [3.63, 3.8) is 0 Å². The van der Waals surface area contributed by atoms with Gasteiger partial charge in [0.25, 0.3) is 15.9 Å². The van der Waals surface area contributed by atoms with E-state index >= 15 is 0 Å². The molecule has 0 unspecified atom stereocenters. The Kier molecular flexibility index (Phi) is 4.59. The Morgan fingerprint density at radius 2 is 1.80 bits per heavy atom. The van der Waals surface area contributed by atoms with E-state index in [2.05, 4.69) is 14.6 Å². The average molecular weight is 428 g/mol. The number of sulfonamides is 1. The van der Waals surface area contributed by atoms with Crippen LogP contribution in [0.4, 0.5) is 5.69 Å². The highest BCUT2D eigenvalue weighted by atomic mass is 32.2. The number of amides is 1. The fourth-order valence-corrected chi connectivity index (χ4v) is 4.91. The number of rotatable bonds is 3. The molecule has 1 saturated heterocycles. The van der Waals surface area contributed by atoms with E-state index in [-0.39, 0.29) is 17.6 Å². The number of nitrogens with one attached hydrogen (secondary N) is 1. The molecule has 3 aliphatic rings. The smallest absolute Gasteiger partial charge is 0.286 e. The molecule has 30 heavy (non-hydrogen) atoms. The molecule has 0 aromatic heterocycles. The predicted molar refractivity (Wildman–Crippen MR) is 110 cm³/mol. The molecule has 2 aromatic rings. The van der Waals surface area contributed by atoms with E-state index < -0.39 is 10.0 Å². The number of carbonyl (C=O) groups excluding carboxylic acids is 1. The van der Waals surface area contributed by atoms with Crippen molar-refractivity contribution >= 4 is 27.5 Å². The molecule has 2 aromatic carbocycles. The summed E-state index contributed by atoms with van der Waals surface area (Å²) in [7, 11) is -3.70. The summed E-state index contributed by atoms with van der Waals surface area (Å²) in [5, 5.41) is 3.11. The summed E-state index contributed by atoms with van der Waals surface area (Å²) in [5.74, 6) is 1.57. The molecule has 9 nitrogen and oxygen atoms in total. The van der Waals surface area contributed by atoms with Gasteiger partial charge in [0.2, 0.25) is 6.79 Å². The summed E-state index contributed by atoms with van der Waals surface area (Å²) in [4.78, 5) is 16.9. The van der Waals surface area contributed by atoms with Crippen LogP contribution in [0.1, 0.15) is 10.4 Å². The van der Waals surface area contributed by atoms with Crippen LogP contribution < -0.4 is 14.8 Å². The first-order valence-electron chi connectivity index (χ1n) is 9.61. The number of amidine groups is 1. The van der Waals surface area contributed by atoms with Gasteiger partial charge in [-0.1, -0.05) is 12.1 Å². The largest absolute Gasteiger partial charge is 0.454 e. The Hall–Kier alpha value is -3.11. The van der Waals surface area contributed by atoms with Crippen LogP contribution >= 0.6 is 0 Å². The minimum Gasteiger partial charge on any atom is -0.454 e. The van der Waals surface area contributed by atoms with Crippen molar-refractivity contribution in [1.29, 1.82) is 0 Å².